The van der Waals surface area contributed by atoms with Gasteiger partial charge in [-0.25, -0.2) is 5.01 Å². The molecule has 2 aliphatic rings. The maximum atomic E-state index is 6.47. The Hall–Kier alpha value is -3.38. The Bertz CT molecular complexity index is 1200. The third kappa shape index (κ3) is 3.95. The zero-order valence-electron chi connectivity index (χ0n) is 18.7. The van der Waals surface area contributed by atoms with Gasteiger partial charge >= 0.3 is 0 Å². The first-order valence-corrected chi connectivity index (χ1v) is 11.3. The Morgan fingerprint density at radius 3 is 2.48 bits per heavy atom. The van der Waals surface area contributed by atoms with Crippen LogP contribution in [0.4, 0.5) is 0 Å². The van der Waals surface area contributed by atoms with Crippen LogP contribution in [0.15, 0.2) is 65.8 Å². The number of methoxy groups -OCH3 is 2. The lowest BCUT2D eigenvalue weighted by Crippen LogP contribution is -2.34. The zero-order chi connectivity index (χ0) is 22.9. The molecule has 33 heavy (non-hydrogen) atoms. The molecule has 0 aromatic heterocycles. The number of hydrogen-bond donors (Lipinski definition) is 0. The summed E-state index contributed by atoms with van der Waals surface area (Å²) in [5, 5.41) is 7.69. The summed E-state index contributed by atoms with van der Waals surface area (Å²) in [6.07, 6.45) is 0.252. The summed E-state index contributed by atoms with van der Waals surface area (Å²) in [6.45, 7) is 2.61. The average molecular weight is 465 g/mol. The highest BCUT2D eigenvalue weighted by molar-refractivity contribution is 6.30. The van der Waals surface area contributed by atoms with Crippen molar-refractivity contribution in [1.29, 1.82) is 0 Å². The summed E-state index contributed by atoms with van der Waals surface area (Å²) in [7, 11) is 3.30. The molecule has 0 aliphatic carbocycles. The molecule has 0 amide bonds. The number of fused-ring (bicyclic) bond motifs is 3. The van der Waals surface area contributed by atoms with Crippen molar-refractivity contribution in [1.82, 2.24) is 5.01 Å². The van der Waals surface area contributed by atoms with Gasteiger partial charge in [0.2, 0.25) is 6.23 Å². The molecule has 0 N–H and O–H groups in total. The van der Waals surface area contributed by atoms with Gasteiger partial charge in [0.1, 0.15) is 23.0 Å². The van der Waals surface area contributed by atoms with Crippen molar-refractivity contribution in [3.8, 4) is 23.0 Å². The van der Waals surface area contributed by atoms with Crippen LogP contribution >= 0.6 is 11.6 Å². The second-order valence-corrected chi connectivity index (χ2v) is 8.30. The van der Waals surface area contributed by atoms with E-state index in [0.29, 0.717) is 17.4 Å². The SMILES string of the molecule is CCOc1ccc(C2=NN3[C@H](C2)c2cc(Cl)ccc2O[C@H]3c2cc(OC)ccc2OC)cc1. The smallest absolute Gasteiger partial charge is 0.217 e. The summed E-state index contributed by atoms with van der Waals surface area (Å²) in [4.78, 5) is 0. The molecule has 2 heterocycles. The molecule has 0 radical (unpaired) electrons. The third-order valence-corrected chi connectivity index (χ3v) is 6.19. The van der Waals surface area contributed by atoms with Crippen LogP contribution in [0.1, 0.15) is 42.3 Å². The molecule has 0 saturated carbocycles. The highest BCUT2D eigenvalue weighted by Gasteiger charge is 2.42. The summed E-state index contributed by atoms with van der Waals surface area (Å²) in [5.74, 6) is 3.07. The van der Waals surface area contributed by atoms with Crippen LogP contribution in [0, 0.1) is 0 Å². The zero-order valence-corrected chi connectivity index (χ0v) is 19.5. The number of benzene rings is 3. The molecule has 0 spiro atoms. The van der Waals surface area contributed by atoms with Crippen molar-refractivity contribution in [2.24, 2.45) is 5.10 Å². The molecule has 6 nitrogen and oxygen atoms in total. The van der Waals surface area contributed by atoms with E-state index >= 15 is 0 Å². The first-order valence-electron chi connectivity index (χ1n) is 10.9. The van der Waals surface area contributed by atoms with E-state index in [0.717, 1.165) is 46.1 Å². The number of ether oxygens (including phenoxy) is 4. The Morgan fingerprint density at radius 1 is 0.970 bits per heavy atom. The van der Waals surface area contributed by atoms with Crippen LogP contribution in [0.5, 0.6) is 23.0 Å². The summed E-state index contributed by atoms with van der Waals surface area (Å²) in [6, 6.07) is 19.4. The van der Waals surface area contributed by atoms with Gasteiger partial charge in [0.25, 0.3) is 0 Å². The highest BCUT2D eigenvalue weighted by atomic mass is 35.5. The Labute approximate surface area is 198 Å². The maximum absolute atomic E-state index is 6.47. The van der Waals surface area contributed by atoms with Gasteiger partial charge in [-0.15, -0.1) is 0 Å². The van der Waals surface area contributed by atoms with E-state index < -0.39 is 6.23 Å². The molecule has 2 atom stereocenters. The van der Waals surface area contributed by atoms with E-state index in [9.17, 15) is 0 Å². The summed E-state index contributed by atoms with van der Waals surface area (Å²) >= 11 is 6.35. The first kappa shape index (κ1) is 21.5. The van der Waals surface area contributed by atoms with Crippen LogP contribution in [-0.4, -0.2) is 31.5 Å². The molecule has 0 unspecified atom stereocenters. The highest BCUT2D eigenvalue weighted by Crippen LogP contribution is 2.49. The Balaban J connectivity index is 1.58. The molecule has 3 aromatic rings. The molecule has 0 bridgehead atoms. The lowest BCUT2D eigenvalue weighted by molar-refractivity contribution is -0.0204. The molecule has 0 fully saturated rings. The molecular formula is C26H25ClN2O4. The van der Waals surface area contributed by atoms with Gasteiger partial charge in [-0.3, -0.25) is 0 Å². The van der Waals surface area contributed by atoms with Gasteiger partial charge in [-0.2, -0.15) is 5.10 Å². The lowest BCUT2D eigenvalue weighted by atomic mass is 9.95. The summed E-state index contributed by atoms with van der Waals surface area (Å²) < 4.78 is 23.2. The van der Waals surface area contributed by atoms with Gasteiger partial charge < -0.3 is 18.9 Å². The predicted molar refractivity (Wildman–Crippen MR) is 128 cm³/mol. The van der Waals surface area contributed by atoms with E-state index in [1.807, 2.05) is 72.6 Å². The normalized spacial score (nSPS) is 18.7. The van der Waals surface area contributed by atoms with Crippen LogP contribution < -0.4 is 18.9 Å². The minimum absolute atomic E-state index is 0.0186. The predicted octanol–water partition coefficient (Wildman–Crippen LogP) is 6.00. The van der Waals surface area contributed by atoms with Crippen molar-refractivity contribution in [3.63, 3.8) is 0 Å². The average Bonchev–Trinajstić information content (AvgIpc) is 3.30. The molecule has 7 heteroatoms. The number of rotatable bonds is 6. The summed E-state index contributed by atoms with van der Waals surface area (Å²) in [5.41, 5.74) is 3.89. The van der Waals surface area contributed by atoms with Gasteiger partial charge in [-0.1, -0.05) is 11.6 Å². The van der Waals surface area contributed by atoms with E-state index in [-0.39, 0.29) is 6.04 Å². The monoisotopic (exact) mass is 464 g/mol. The fraction of sp³-hybridized carbons (Fsp3) is 0.269. The van der Waals surface area contributed by atoms with Gasteiger partial charge in [0.05, 0.1) is 38.1 Å². The van der Waals surface area contributed by atoms with Crippen LogP contribution in [-0.2, 0) is 0 Å². The van der Waals surface area contributed by atoms with E-state index in [2.05, 4.69) is 0 Å². The maximum Gasteiger partial charge on any atom is 0.217 e. The lowest BCUT2D eigenvalue weighted by Gasteiger charge is -2.38. The standard InChI is InChI=1S/C26H25ClN2O4/c1-4-32-18-8-5-16(6-9-18)22-15-23-20-13-17(27)7-11-25(20)33-26(29(23)28-22)21-14-19(30-2)10-12-24(21)31-3/h5-14,23,26H,4,15H2,1-3H3/t23-,26+/m1/s1. The Kier molecular flexibility index (Phi) is 5.77. The van der Waals surface area contributed by atoms with Crippen molar-refractivity contribution in [2.45, 2.75) is 25.6 Å². The number of hydrogen-bond acceptors (Lipinski definition) is 6. The second kappa shape index (κ2) is 8.87. The second-order valence-electron chi connectivity index (χ2n) is 7.86. The fourth-order valence-corrected chi connectivity index (χ4v) is 4.56. The number of nitrogens with zero attached hydrogens (tertiary/aromatic N) is 2. The van der Waals surface area contributed by atoms with Crippen LogP contribution in [0.3, 0.4) is 0 Å². The van der Waals surface area contributed by atoms with Crippen molar-refractivity contribution in [2.75, 3.05) is 20.8 Å². The minimum atomic E-state index is -0.478. The van der Waals surface area contributed by atoms with Crippen LogP contribution in [0.2, 0.25) is 5.02 Å². The number of halogens is 1. The topological polar surface area (TPSA) is 52.5 Å². The van der Waals surface area contributed by atoms with Crippen LogP contribution in [0.25, 0.3) is 0 Å². The molecule has 2 aliphatic heterocycles. The largest absolute Gasteiger partial charge is 0.497 e. The Morgan fingerprint density at radius 2 is 1.76 bits per heavy atom. The van der Waals surface area contributed by atoms with Gasteiger partial charge in [-0.05, 0) is 73.2 Å². The molecular weight excluding hydrogens is 440 g/mol. The fourth-order valence-electron chi connectivity index (χ4n) is 4.38. The first-order chi connectivity index (χ1) is 16.1. The quantitative estimate of drug-likeness (QED) is 0.448. The minimum Gasteiger partial charge on any atom is -0.497 e. The molecule has 3 aromatic carbocycles. The molecule has 5 rings (SSSR count). The van der Waals surface area contributed by atoms with E-state index in [1.165, 1.54) is 0 Å². The van der Waals surface area contributed by atoms with Gasteiger partial charge in [0.15, 0.2) is 0 Å². The molecule has 170 valence electrons. The third-order valence-electron chi connectivity index (χ3n) is 5.95. The number of hydrazone groups is 1. The van der Waals surface area contributed by atoms with Crippen molar-refractivity contribution < 1.29 is 18.9 Å². The van der Waals surface area contributed by atoms with Gasteiger partial charge in [0, 0.05) is 17.0 Å². The van der Waals surface area contributed by atoms with E-state index in [1.54, 1.807) is 14.2 Å². The molecule has 0 saturated heterocycles. The van der Waals surface area contributed by atoms with E-state index in [4.69, 9.17) is 35.6 Å². The van der Waals surface area contributed by atoms with Crippen molar-refractivity contribution >= 4 is 17.3 Å². The van der Waals surface area contributed by atoms with Crippen molar-refractivity contribution in [3.05, 3.63) is 82.4 Å².